The van der Waals surface area contributed by atoms with Gasteiger partial charge in [0.15, 0.2) is 0 Å². The Bertz CT molecular complexity index is 432. The summed E-state index contributed by atoms with van der Waals surface area (Å²) in [6.07, 6.45) is 2.60. The van der Waals surface area contributed by atoms with E-state index < -0.39 is 11.6 Å². The van der Waals surface area contributed by atoms with Crippen LogP contribution < -0.4 is 5.73 Å². The average Bonchev–Trinajstić information content (AvgIpc) is 3.14. The van der Waals surface area contributed by atoms with E-state index in [1.807, 2.05) is 6.92 Å². The Morgan fingerprint density at radius 1 is 1.41 bits per heavy atom. The Labute approximate surface area is 109 Å². The fraction of sp³-hybridized carbons (Fsp3) is 0.538. The molecule has 0 heterocycles. The van der Waals surface area contributed by atoms with Crippen molar-refractivity contribution in [1.29, 1.82) is 0 Å². The second-order valence-electron chi connectivity index (χ2n) is 5.13. The van der Waals surface area contributed by atoms with Gasteiger partial charge < -0.3 is 5.73 Å². The molecule has 0 amide bonds. The Kier molecular flexibility index (Phi) is 3.55. The SMILES string of the molecule is CC(CN)(Cc1c(F)ccc(Br)c1F)C1CC1. The zero-order valence-corrected chi connectivity index (χ0v) is 11.4. The molecule has 4 heteroatoms. The van der Waals surface area contributed by atoms with Crippen LogP contribution in [0, 0.1) is 23.0 Å². The summed E-state index contributed by atoms with van der Waals surface area (Å²) < 4.78 is 27.9. The number of benzene rings is 1. The second-order valence-corrected chi connectivity index (χ2v) is 5.99. The molecule has 1 fully saturated rings. The standard InChI is InChI=1S/C13H16BrF2N/c1-13(7-17,8-2-3-8)6-9-11(15)5-4-10(14)12(9)16/h4-5,8H,2-3,6-7,17H2,1H3. The van der Waals surface area contributed by atoms with Crippen LogP contribution in [-0.2, 0) is 6.42 Å². The molecule has 2 rings (SSSR count). The molecular formula is C13H16BrF2N. The summed E-state index contributed by atoms with van der Waals surface area (Å²) in [6.45, 7) is 2.48. The first kappa shape index (κ1) is 13.0. The van der Waals surface area contributed by atoms with Gasteiger partial charge in [0, 0.05) is 5.56 Å². The second kappa shape index (κ2) is 4.65. The van der Waals surface area contributed by atoms with Gasteiger partial charge in [0.05, 0.1) is 4.47 Å². The molecule has 1 aromatic rings. The topological polar surface area (TPSA) is 26.0 Å². The fourth-order valence-electron chi connectivity index (χ4n) is 2.30. The van der Waals surface area contributed by atoms with Gasteiger partial charge >= 0.3 is 0 Å². The molecule has 0 spiro atoms. The summed E-state index contributed by atoms with van der Waals surface area (Å²) in [4.78, 5) is 0. The molecule has 0 bridgehead atoms. The van der Waals surface area contributed by atoms with E-state index in [1.165, 1.54) is 12.1 Å². The molecule has 0 saturated heterocycles. The number of hydrogen-bond donors (Lipinski definition) is 1. The molecule has 1 aliphatic carbocycles. The summed E-state index contributed by atoms with van der Waals surface area (Å²) in [5.74, 6) is -0.471. The van der Waals surface area contributed by atoms with Crippen molar-refractivity contribution in [1.82, 2.24) is 0 Å². The third kappa shape index (κ3) is 2.52. The highest BCUT2D eigenvalue weighted by Gasteiger charge is 2.41. The number of hydrogen-bond acceptors (Lipinski definition) is 1. The van der Waals surface area contributed by atoms with E-state index in [-0.39, 0.29) is 11.0 Å². The van der Waals surface area contributed by atoms with Crippen molar-refractivity contribution in [2.75, 3.05) is 6.54 Å². The lowest BCUT2D eigenvalue weighted by atomic mass is 9.79. The Balaban J connectivity index is 2.31. The third-order valence-electron chi connectivity index (χ3n) is 3.75. The van der Waals surface area contributed by atoms with E-state index in [2.05, 4.69) is 15.9 Å². The van der Waals surface area contributed by atoms with Crippen LogP contribution in [0.25, 0.3) is 0 Å². The van der Waals surface area contributed by atoms with E-state index >= 15 is 0 Å². The first-order valence-electron chi connectivity index (χ1n) is 5.80. The van der Waals surface area contributed by atoms with E-state index in [0.29, 0.717) is 23.4 Å². The van der Waals surface area contributed by atoms with Crippen LogP contribution >= 0.6 is 15.9 Å². The van der Waals surface area contributed by atoms with Crippen LogP contribution in [0.4, 0.5) is 8.78 Å². The molecule has 17 heavy (non-hydrogen) atoms. The van der Waals surface area contributed by atoms with Crippen molar-refractivity contribution in [3.8, 4) is 0 Å². The monoisotopic (exact) mass is 303 g/mol. The highest BCUT2D eigenvalue weighted by molar-refractivity contribution is 9.10. The van der Waals surface area contributed by atoms with Crippen molar-refractivity contribution < 1.29 is 8.78 Å². The van der Waals surface area contributed by atoms with Gasteiger partial charge in [0.2, 0.25) is 0 Å². The maximum Gasteiger partial charge on any atom is 0.143 e. The minimum absolute atomic E-state index is 0.152. The average molecular weight is 304 g/mol. The minimum atomic E-state index is -0.495. The fourth-order valence-corrected chi connectivity index (χ4v) is 2.67. The van der Waals surface area contributed by atoms with E-state index in [4.69, 9.17) is 5.73 Å². The van der Waals surface area contributed by atoms with Gasteiger partial charge in [-0.1, -0.05) is 6.92 Å². The van der Waals surface area contributed by atoms with E-state index in [9.17, 15) is 8.78 Å². The summed E-state index contributed by atoms with van der Waals surface area (Å²) in [5, 5.41) is 0. The maximum absolute atomic E-state index is 13.9. The third-order valence-corrected chi connectivity index (χ3v) is 4.36. The molecule has 1 unspecified atom stereocenters. The summed E-state index contributed by atoms with van der Waals surface area (Å²) >= 11 is 3.09. The molecule has 0 aliphatic heterocycles. The van der Waals surface area contributed by atoms with Gasteiger partial charge in [0.1, 0.15) is 11.6 Å². The number of nitrogens with two attached hydrogens (primary N) is 1. The molecular weight excluding hydrogens is 288 g/mol. The normalized spacial score (nSPS) is 19.1. The summed E-state index contributed by atoms with van der Waals surface area (Å²) in [7, 11) is 0. The molecule has 2 N–H and O–H groups in total. The van der Waals surface area contributed by atoms with Crippen LogP contribution in [0.5, 0.6) is 0 Å². The Morgan fingerprint density at radius 3 is 2.59 bits per heavy atom. The van der Waals surface area contributed by atoms with Gasteiger partial charge in [-0.2, -0.15) is 0 Å². The lowest BCUT2D eigenvalue weighted by molar-refractivity contribution is 0.274. The van der Waals surface area contributed by atoms with Crippen LogP contribution in [0.15, 0.2) is 16.6 Å². The van der Waals surface area contributed by atoms with Crippen LogP contribution in [-0.4, -0.2) is 6.54 Å². The smallest absolute Gasteiger partial charge is 0.143 e. The first-order chi connectivity index (χ1) is 7.98. The van der Waals surface area contributed by atoms with Gasteiger partial charge in [-0.05, 0) is 65.2 Å². The van der Waals surface area contributed by atoms with Crippen LogP contribution in [0.2, 0.25) is 0 Å². The Hall–Kier alpha value is -0.480. The van der Waals surface area contributed by atoms with Crippen LogP contribution in [0.3, 0.4) is 0 Å². The molecule has 1 saturated carbocycles. The summed E-state index contributed by atoms with van der Waals surface area (Å²) in [5.41, 5.74) is 5.74. The molecule has 94 valence electrons. The lowest BCUT2D eigenvalue weighted by Gasteiger charge is -2.28. The number of rotatable bonds is 4. The molecule has 1 atom stereocenters. The lowest BCUT2D eigenvalue weighted by Crippen LogP contribution is -2.32. The first-order valence-corrected chi connectivity index (χ1v) is 6.59. The summed E-state index contributed by atoms with van der Waals surface area (Å²) in [6, 6.07) is 2.69. The van der Waals surface area contributed by atoms with Gasteiger partial charge in [-0.15, -0.1) is 0 Å². The largest absolute Gasteiger partial charge is 0.330 e. The highest BCUT2D eigenvalue weighted by atomic mass is 79.9. The van der Waals surface area contributed by atoms with Crippen molar-refractivity contribution in [3.63, 3.8) is 0 Å². The predicted octanol–water partition coefficient (Wildman–Crippen LogP) is 3.64. The van der Waals surface area contributed by atoms with Gasteiger partial charge in [-0.25, -0.2) is 8.78 Å². The van der Waals surface area contributed by atoms with E-state index in [0.717, 1.165) is 12.8 Å². The molecule has 1 nitrogen and oxygen atoms in total. The van der Waals surface area contributed by atoms with Crippen LogP contribution in [0.1, 0.15) is 25.3 Å². The molecule has 1 aliphatic rings. The van der Waals surface area contributed by atoms with E-state index in [1.54, 1.807) is 0 Å². The predicted molar refractivity (Wildman–Crippen MR) is 67.6 cm³/mol. The number of halogens is 3. The maximum atomic E-state index is 13.9. The molecule has 0 aromatic heterocycles. The van der Waals surface area contributed by atoms with Gasteiger partial charge in [-0.3, -0.25) is 0 Å². The van der Waals surface area contributed by atoms with Crippen molar-refractivity contribution in [2.45, 2.75) is 26.2 Å². The minimum Gasteiger partial charge on any atom is -0.330 e. The zero-order valence-electron chi connectivity index (χ0n) is 9.77. The Morgan fingerprint density at radius 2 is 2.06 bits per heavy atom. The molecule has 1 aromatic carbocycles. The van der Waals surface area contributed by atoms with Crippen molar-refractivity contribution >= 4 is 15.9 Å². The van der Waals surface area contributed by atoms with Crippen molar-refractivity contribution in [2.24, 2.45) is 17.1 Å². The quantitative estimate of drug-likeness (QED) is 0.844. The highest BCUT2D eigenvalue weighted by Crippen LogP contribution is 2.47. The van der Waals surface area contributed by atoms with Gasteiger partial charge in [0.25, 0.3) is 0 Å². The zero-order chi connectivity index (χ0) is 12.6. The molecule has 0 radical (unpaired) electrons. The van der Waals surface area contributed by atoms with Crippen molar-refractivity contribution in [3.05, 3.63) is 33.8 Å².